The van der Waals surface area contributed by atoms with E-state index in [0.717, 1.165) is 0 Å². The van der Waals surface area contributed by atoms with Crippen LogP contribution in [0.25, 0.3) is 0 Å². The van der Waals surface area contributed by atoms with Crippen LogP contribution in [0.15, 0.2) is 12.3 Å². The maximum Gasteiger partial charge on any atom is 0.348 e. The van der Waals surface area contributed by atoms with Crippen molar-refractivity contribution >= 4 is 5.69 Å². The Kier molecular flexibility index (Phi) is 4.17. The van der Waals surface area contributed by atoms with Gasteiger partial charge < -0.3 is 10.1 Å². The Morgan fingerprint density at radius 1 is 1.75 bits per heavy atom. The molecule has 7 nitrogen and oxygen atoms in total. The quantitative estimate of drug-likeness (QED) is 0.441. The fourth-order valence-electron chi connectivity index (χ4n) is 1.06. The molecule has 0 saturated heterocycles. The number of pyridine rings is 1. The van der Waals surface area contributed by atoms with Crippen LogP contribution in [-0.4, -0.2) is 30.1 Å². The van der Waals surface area contributed by atoms with Crippen LogP contribution < -0.4 is 10.1 Å². The maximum atomic E-state index is 10.8. The summed E-state index contributed by atoms with van der Waals surface area (Å²) in [6, 6.07) is 3.01. The molecule has 1 heterocycles. The molecule has 84 valence electrons. The first kappa shape index (κ1) is 11.9. The predicted molar refractivity (Wildman–Crippen MR) is 55.0 cm³/mol. The number of nitro groups is 1. The molecule has 0 fully saturated rings. The Hall–Kier alpha value is -2.20. The van der Waals surface area contributed by atoms with E-state index in [2.05, 4.69) is 10.3 Å². The Labute approximate surface area is 91.8 Å². The van der Waals surface area contributed by atoms with Gasteiger partial charge in [-0.25, -0.2) is 4.98 Å². The Bertz CT molecular complexity index is 427. The summed E-state index contributed by atoms with van der Waals surface area (Å²) in [5.41, 5.74) is -0.444. The van der Waals surface area contributed by atoms with Crippen molar-refractivity contribution in [2.75, 3.05) is 20.2 Å². The van der Waals surface area contributed by atoms with Gasteiger partial charge in [0.05, 0.1) is 4.92 Å². The summed E-state index contributed by atoms with van der Waals surface area (Å²) in [7, 11) is 1.73. The Morgan fingerprint density at radius 2 is 2.50 bits per heavy atom. The third-order valence-electron chi connectivity index (χ3n) is 1.78. The number of ether oxygens (including phenoxy) is 1. The lowest BCUT2D eigenvalue weighted by Crippen LogP contribution is -2.17. The van der Waals surface area contributed by atoms with E-state index in [-0.39, 0.29) is 23.7 Å². The zero-order chi connectivity index (χ0) is 12.0. The third-order valence-corrected chi connectivity index (χ3v) is 1.78. The molecule has 0 unspecified atom stereocenters. The molecule has 0 saturated carbocycles. The van der Waals surface area contributed by atoms with Crippen LogP contribution in [0, 0.1) is 21.4 Å². The minimum atomic E-state index is -0.666. The zero-order valence-electron chi connectivity index (χ0n) is 8.64. The first-order valence-corrected chi connectivity index (χ1v) is 4.51. The molecule has 0 aliphatic carbocycles. The first-order chi connectivity index (χ1) is 7.70. The fraction of sp³-hybridized carbons (Fsp3) is 0.333. The lowest BCUT2D eigenvalue weighted by atomic mass is 10.2. The second-order valence-electron chi connectivity index (χ2n) is 2.83. The lowest BCUT2D eigenvalue weighted by molar-refractivity contribution is -0.386. The molecule has 0 spiro atoms. The molecular formula is C9H10N4O3. The summed E-state index contributed by atoms with van der Waals surface area (Å²) in [5, 5.41) is 22.3. The van der Waals surface area contributed by atoms with Crippen molar-refractivity contribution in [2.24, 2.45) is 0 Å². The van der Waals surface area contributed by atoms with Crippen LogP contribution in [0.2, 0.25) is 0 Å². The molecule has 0 aliphatic heterocycles. The highest BCUT2D eigenvalue weighted by Crippen LogP contribution is 2.27. The summed E-state index contributed by atoms with van der Waals surface area (Å²) >= 11 is 0. The molecule has 1 aromatic heterocycles. The lowest BCUT2D eigenvalue weighted by Gasteiger charge is -2.05. The number of likely N-dealkylation sites (N-methyl/N-ethyl adjacent to an activating group) is 1. The normalized spacial score (nSPS) is 9.50. The van der Waals surface area contributed by atoms with Gasteiger partial charge >= 0.3 is 5.69 Å². The fourth-order valence-corrected chi connectivity index (χ4v) is 1.06. The van der Waals surface area contributed by atoms with E-state index < -0.39 is 4.92 Å². The topological polar surface area (TPSA) is 101 Å². The molecule has 0 atom stereocenters. The van der Waals surface area contributed by atoms with Gasteiger partial charge in [-0.15, -0.1) is 0 Å². The van der Waals surface area contributed by atoms with Gasteiger partial charge in [0, 0.05) is 12.7 Å². The number of hydrogen-bond donors (Lipinski definition) is 1. The number of nitriles is 1. The van der Waals surface area contributed by atoms with Crippen molar-refractivity contribution in [2.45, 2.75) is 0 Å². The van der Waals surface area contributed by atoms with E-state index in [1.54, 1.807) is 13.1 Å². The second-order valence-corrected chi connectivity index (χ2v) is 2.83. The van der Waals surface area contributed by atoms with Crippen LogP contribution >= 0.6 is 0 Å². The maximum absolute atomic E-state index is 10.8. The highest BCUT2D eigenvalue weighted by molar-refractivity contribution is 5.54. The Balaban J connectivity index is 2.99. The van der Waals surface area contributed by atoms with Gasteiger partial charge in [0.1, 0.15) is 18.2 Å². The molecule has 1 rings (SSSR count). The van der Waals surface area contributed by atoms with Crippen LogP contribution in [-0.2, 0) is 0 Å². The molecule has 0 aliphatic rings. The van der Waals surface area contributed by atoms with Gasteiger partial charge in [-0.1, -0.05) is 0 Å². The molecule has 0 radical (unpaired) electrons. The highest BCUT2D eigenvalue weighted by atomic mass is 16.6. The third kappa shape index (κ3) is 2.65. The van der Waals surface area contributed by atoms with E-state index in [4.69, 9.17) is 10.00 Å². The summed E-state index contributed by atoms with van der Waals surface area (Å²) in [6.07, 6.45) is 1.31. The number of rotatable bonds is 5. The average Bonchev–Trinajstić information content (AvgIpc) is 2.28. The first-order valence-electron chi connectivity index (χ1n) is 4.51. The van der Waals surface area contributed by atoms with E-state index in [1.807, 2.05) is 0 Å². The molecule has 0 amide bonds. The molecule has 0 bridgehead atoms. The van der Waals surface area contributed by atoms with Crippen molar-refractivity contribution in [3.63, 3.8) is 0 Å². The standard InChI is InChI=1S/C9H10N4O3/c1-11-4-5-16-9-8(13(14)15)7(6-10)2-3-12-9/h2-3,11H,4-5H2,1H3. The molecule has 1 N–H and O–H groups in total. The zero-order valence-corrected chi connectivity index (χ0v) is 8.64. The van der Waals surface area contributed by atoms with Crippen molar-refractivity contribution < 1.29 is 9.66 Å². The molecule has 0 aromatic carbocycles. The number of nitrogens with zero attached hydrogens (tertiary/aromatic N) is 3. The Morgan fingerprint density at radius 3 is 3.06 bits per heavy atom. The highest BCUT2D eigenvalue weighted by Gasteiger charge is 2.22. The minimum absolute atomic E-state index is 0.0561. The van der Waals surface area contributed by atoms with Gasteiger partial charge in [0.15, 0.2) is 0 Å². The summed E-state index contributed by atoms with van der Waals surface area (Å²) in [6.45, 7) is 0.787. The van der Waals surface area contributed by atoms with Crippen molar-refractivity contribution in [1.82, 2.24) is 10.3 Å². The summed E-state index contributed by atoms with van der Waals surface area (Å²) in [4.78, 5) is 13.8. The largest absolute Gasteiger partial charge is 0.471 e. The molecule has 7 heteroatoms. The molecular weight excluding hydrogens is 212 g/mol. The predicted octanol–water partition coefficient (Wildman–Crippen LogP) is 0.460. The average molecular weight is 222 g/mol. The SMILES string of the molecule is CNCCOc1nccc(C#N)c1[N+](=O)[O-]. The van der Waals surface area contributed by atoms with E-state index in [1.165, 1.54) is 12.3 Å². The van der Waals surface area contributed by atoms with Crippen LogP contribution in [0.1, 0.15) is 5.56 Å². The van der Waals surface area contributed by atoms with Crippen molar-refractivity contribution in [3.8, 4) is 11.9 Å². The monoisotopic (exact) mass is 222 g/mol. The molecule has 1 aromatic rings. The van der Waals surface area contributed by atoms with Crippen LogP contribution in [0.3, 0.4) is 0 Å². The summed E-state index contributed by atoms with van der Waals surface area (Å²) < 4.78 is 5.11. The number of aromatic nitrogens is 1. The number of nitrogens with one attached hydrogen (secondary N) is 1. The van der Waals surface area contributed by atoms with E-state index >= 15 is 0 Å². The van der Waals surface area contributed by atoms with Crippen LogP contribution in [0.5, 0.6) is 5.88 Å². The van der Waals surface area contributed by atoms with Gasteiger partial charge in [-0.3, -0.25) is 10.1 Å². The van der Waals surface area contributed by atoms with Gasteiger partial charge in [0.25, 0.3) is 5.88 Å². The smallest absolute Gasteiger partial charge is 0.348 e. The van der Waals surface area contributed by atoms with Gasteiger partial charge in [-0.05, 0) is 13.1 Å². The van der Waals surface area contributed by atoms with Gasteiger partial charge in [0.2, 0.25) is 0 Å². The van der Waals surface area contributed by atoms with Crippen LogP contribution in [0.4, 0.5) is 5.69 Å². The van der Waals surface area contributed by atoms with Crippen molar-refractivity contribution in [3.05, 3.63) is 27.9 Å². The van der Waals surface area contributed by atoms with Gasteiger partial charge in [-0.2, -0.15) is 5.26 Å². The van der Waals surface area contributed by atoms with E-state index in [0.29, 0.717) is 6.54 Å². The minimum Gasteiger partial charge on any atom is -0.471 e. The second kappa shape index (κ2) is 5.63. The van der Waals surface area contributed by atoms with E-state index in [9.17, 15) is 10.1 Å². The number of hydrogen-bond acceptors (Lipinski definition) is 6. The van der Waals surface area contributed by atoms with Crippen molar-refractivity contribution in [1.29, 1.82) is 5.26 Å². The molecule has 16 heavy (non-hydrogen) atoms. The summed E-state index contributed by atoms with van der Waals surface area (Å²) in [5.74, 6) is -0.126.